The molecule has 1 amide bonds. The predicted octanol–water partition coefficient (Wildman–Crippen LogP) is 2.84. The number of carbonyl (C=O) groups excluding carboxylic acids is 1. The predicted molar refractivity (Wildman–Crippen MR) is 70.2 cm³/mol. The molecule has 0 aliphatic heterocycles. The molecule has 1 saturated carbocycles. The molecule has 0 bridgehead atoms. The van der Waals surface area contributed by atoms with E-state index < -0.39 is 0 Å². The Kier molecular flexibility index (Phi) is 3.29. The number of hydrogen-bond donors (Lipinski definition) is 2. The van der Waals surface area contributed by atoms with Crippen LogP contribution in [-0.2, 0) is 0 Å². The van der Waals surface area contributed by atoms with Crippen molar-refractivity contribution in [2.75, 3.05) is 12.3 Å². The fraction of sp³-hybridized carbons (Fsp3) is 0.462. The zero-order valence-corrected chi connectivity index (χ0v) is 10.7. The van der Waals surface area contributed by atoms with Gasteiger partial charge in [0.15, 0.2) is 0 Å². The van der Waals surface area contributed by atoms with E-state index in [1.807, 2.05) is 0 Å². The van der Waals surface area contributed by atoms with Crippen molar-refractivity contribution in [1.29, 1.82) is 0 Å². The molecular formula is C13H17ClN2O. The lowest BCUT2D eigenvalue weighted by Gasteiger charge is -2.13. The van der Waals surface area contributed by atoms with E-state index in [0.29, 0.717) is 21.7 Å². The molecule has 2 rings (SSSR count). The van der Waals surface area contributed by atoms with Crippen molar-refractivity contribution >= 4 is 23.2 Å². The Morgan fingerprint density at radius 1 is 1.53 bits per heavy atom. The van der Waals surface area contributed by atoms with Gasteiger partial charge in [-0.25, -0.2) is 0 Å². The zero-order chi connectivity index (χ0) is 12.5. The van der Waals surface area contributed by atoms with Gasteiger partial charge in [0.25, 0.3) is 5.91 Å². The number of amides is 1. The third kappa shape index (κ3) is 2.72. The standard InChI is InChI=1S/C13H17ClN2O/c1-2-13(5-6-13)8-16-12(17)9-3-4-11(15)10(14)7-9/h3-4,7H,2,5-6,8,15H2,1H3,(H,16,17). The van der Waals surface area contributed by atoms with Crippen LogP contribution < -0.4 is 11.1 Å². The van der Waals surface area contributed by atoms with Crippen LogP contribution in [0.4, 0.5) is 5.69 Å². The molecule has 92 valence electrons. The Labute approximate surface area is 106 Å². The van der Waals surface area contributed by atoms with Gasteiger partial charge in [0.05, 0.1) is 10.7 Å². The monoisotopic (exact) mass is 252 g/mol. The minimum absolute atomic E-state index is 0.0772. The van der Waals surface area contributed by atoms with Crippen molar-refractivity contribution in [3.8, 4) is 0 Å². The quantitative estimate of drug-likeness (QED) is 0.810. The van der Waals surface area contributed by atoms with Gasteiger partial charge in [-0.05, 0) is 42.9 Å². The van der Waals surface area contributed by atoms with Crippen LogP contribution in [0.1, 0.15) is 36.5 Å². The van der Waals surface area contributed by atoms with Crippen LogP contribution in [0.2, 0.25) is 5.02 Å². The van der Waals surface area contributed by atoms with E-state index in [1.165, 1.54) is 12.8 Å². The number of nitrogens with one attached hydrogen (secondary N) is 1. The number of rotatable bonds is 4. The van der Waals surface area contributed by atoms with Gasteiger partial charge < -0.3 is 11.1 Å². The summed E-state index contributed by atoms with van der Waals surface area (Å²) in [5.41, 5.74) is 7.02. The van der Waals surface area contributed by atoms with Gasteiger partial charge in [0.1, 0.15) is 0 Å². The Morgan fingerprint density at radius 3 is 2.76 bits per heavy atom. The van der Waals surface area contributed by atoms with Crippen LogP contribution in [0.15, 0.2) is 18.2 Å². The summed E-state index contributed by atoms with van der Waals surface area (Å²) in [7, 11) is 0. The van der Waals surface area contributed by atoms with Crippen molar-refractivity contribution in [2.24, 2.45) is 5.41 Å². The summed E-state index contributed by atoms with van der Waals surface area (Å²) in [4.78, 5) is 11.9. The molecule has 3 N–H and O–H groups in total. The van der Waals surface area contributed by atoms with Gasteiger partial charge in [-0.15, -0.1) is 0 Å². The molecule has 1 aliphatic carbocycles. The molecule has 0 unspecified atom stereocenters. The van der Waals surface area contributed by atoms with Crippen molar-refractivity contribution in [2.45, 2.75) is 26.2 Å². The van der Waals surface area contributed by atoms with Gasteiger partial charge in [0.2, 0.25) is 0 Å². The first kappa shape index (κ1) is 12.2. The Morgan fingerprint density at radius 2 is 2.24 bits per heavy atom. The van der Waals surface area contributed by atoms with Crippen LogP contribution >= 0.6 is 11.6 Å². The van der Waals surface area contributed by atoms with E-state index in [-0.39, 0.29) is 5.91 Å². The summed E-state index contributed by atoms with van der Waals surface area (Å²) in [6.45, 7) is 2.92. The van der Waals surface area contributed by atoms with Crippen molar-refractivity contribution < 1.29 is 4.79 Å². The second kappa shape index (κ2) is 4.57. The smallest absolute Gasteiger partial charge is 0.251 e. The second-order valence-electron chi connectivity index (χ2n) is 4.77. The van der Waals surface area contributed by atoms with Crippen LogP contribution in [0.5, 0.6) is 0 Å². The van der Waals surface area contributed by atoms with Crippen LogP contribution in [0.3, 0.4) is 0 Å². The highest BCUT2D eigenvalue weighted by molar-refractivity contribution is 6.33. The molecule has 0 radical (unpaired) electrons. The summed E-state index contributed by atoms with van der Waals surface area (Å²) < 4.78 is 0. The molecule has 0 spiro atoms. The number of hydrogen-bond acceptors (Lipinski definition) is 2. The third-order valence-corrected chi connectivity index (χ3v) is 3.92. The topological polar surface area (TPSA) is 55.1 Å². The largest absolute Gasteiger partial charge is 0.398 e. The fourth-order valence-corrected chi connectivity index (χ4v) is 2.05. The molecule has 0 heterocycles. The Hall–Kier alpha value is -1.22. The van der Waals surface area contributed by atoms with E-state index in [2.05, 4.69) is 12.2 Å². The lowest BCUT2D eigenvalue weighted by Crippen LogP contribution is -2.29. The Bertz CT molecular complexity index is 441. The van der Waals surface area contributed by atoms with E-state index in [9.17, 15) is 4.79 Å². The molecule has 0 saturated heterocycles. The maximum absolute atomic E-state index is 11.9. The first-order valence-corrected chi connectivity index (χ1v) is 6.27. The molecule has 0 atom stereocenters. The van der Waals surface area contributed by atoms with Crippen molar-refractivity contribution in [3.63, 3.8) is 0 Å². The minimum Gasteiger partial charge on any atom is -0.398 e. The van der Waals surface area contributed by atoms with E-state index in [0.717, 1.165) is 13.0 Å². The zero-order valence-electron chi connectivity index (χ0n) is 9.92. The van der Waals surface area contributed by atoms with Crippen molar-refractivity contribution in [3.05, 3.63) is 28.8 Å². The second-order valence-corrected chi connectivity index (χ2v) is 5.18. The molecular weight excluding hydrogens is 236 g/mol. The Balaban J connectivity index is 1.97. The molecule has 1 fully saturated rings. The molecule has 17 heavy (non-hydrogen) atoms. The molecule has 1 aromatic carbocycles. The number of benzene rings is 1. The number of nitrogens with two attached hydrogens (primary N) is 1. The molecule has 1 aliphatic rings. The SMILES string of the molecule is CCC1(CNC(=O)c2ccc(N)c(Cl)c2)CC1. The van der Waals surface area contributed by atoms with E-state index in [4.69, 9.17) is 17.3 Å². The van der Waals surface area contributed by atoms with E-state index in [1.54, 1.807) is 18.2 Å². The number of anilines is 1. The van der Waals surface area contributed by atoms with Gasteiger partial charge >= 0.3 is 0 Å². The van der Waals surface area contributed by atoms with Gasteiger partial charge in [-0.1, -0.05) is 18.5 Å². The third-order valence-electron chi connectivity index (χ3n) is 3.59. The average Bonchev–Trinajstić information content (AvgIpc) is 3.10. The van der Waals surface area contributed by atoms with Gasteiger partial charge in [-0.3, -0.25) is 4.79 Å². The molecule has 4 heteroatoms. The maximum atomic E-state index is 11.9. The van der Waals surface area contributed by atoms with Gasteiger partial charge in [0, 0.05) is 12.1 Å². The van der Waals surface area contributed by atoms with Crippen molar-refractivity contribution in [1.82, 2.24) is 5.32 Å². The first-order valence-electron chi connectivity index (χ1n) is 5.89. The van der Waals surface area contributed by atoms with Gasteiger partial charge in [-0.2, -0.15) is 0 Å². The molecule has 1 aromatic rings. The summed E-state index contributed by atoms with van der Waals surface area (Å²) in [5.74, 6) is -0.0772. The lowest BCUT2D eigenvalue weighted by molar-refractivity contribution is 0.0944. The summed E-state index contributed by atoms with van der Waals surface area (Å²) >= 11 is 5.88. The summed E-state index contributed by atoms with van der Waals surface area (Å²) in [6, 6.07) is 4.96. The normalized spacial score (nSPS) is 16.6. The number of carbonyl (C=O) groups is 1. The van der Waals surface area contributed by atoms with Crippen LogP contribution in [0.25, 0.3) is 0 Å². The first-order chi connectivity index (χ1) is 8.06. The number of halogens is 1. The van der Waals surface area contributed by atoms with E-state index >= 15 is 0 Å². The molecule has 3 nitrogen and oxygen atoms in total. The highest BCUT2D eigenvalue weighted by atomic mass is 35.5. The van der Waals surface area contributed by atoms with Crippen LogP contribution in [0, 0.1) is 5.41 Å². The summed E-state index contributed by atoms with van der Waals surface area (Å²) in [6.07, 6.45) is 3.55. The highest BCUT2D eigenvalue weighted by Crippen LogP contribution is 2.47. The average molecular weight is 253 g/mol. The number of nitrogen functional groups attached to an aromatic ring is 1. The maximum Gasteiger partial charge on any atom is 0.251 e. The highest BCUT2D eigenvalue weighted by Gasteiger charge is 2.40. The molecule has 0 aromatic heterocycles. The lowest BCUT2D eigenvalue weighted by atomic mass is 10.0. The summed E-state index contributed by atoms with van der Waals surface area (Å²) in [5, 5.41) is 3.39. The minimum atomic E-state index is -0.0772. The van der Waals surface area contributed by atoms with Crippen LogP contribution in [-0.4, -0.2) is 12.5 Å². The fourth-order valence-electron chi connectivity index (χ4n) is 1.87.